The molecule has 0 saturated carbocycles. The molecule has 28 heavy (non-hydrogen) atoms. The number of hydrogen-bond donors (Lipinski definition) is 1. The Balaban J connectivity index is 1.81. The molecular weight excluding hydrogens is 350 g/mol. The number of carbonyl (C=O) groups is 1. The van der Waals surface area contributed by atoms with E-state index in [1.165, 1.54) is 5.56 Å². The summed E-state index contributed by atoms with van der Waals surface area (Å²) < 4.78 is 11.5. The van der Waals surface area contributed by atoms with E-state index in [1.54, 1.807) is 0 Å². The van der Waals surface area contributed by atoms with Gasteiger partial charge in [0.1, 0.15) is 11.5 Å². The van der Waals surface area contributed by atoms with E-state index >= 15 is 0 Å². The first kappa shape index (κ1) is 21.8. The number of carbonyl (C=O) groups excluding carboxylic acids is 1. The highest BCUT2D eigenvalue weighted by Crippen LogP contribution is 2.26. The number of nitrogens with one attached hydrogen (secondary N) is 1. The first-order chi connectivity index (χ1) is 13.3. The van der Waals surface area contributed by atoms with Crippen LogP contribution in [-0.4, -0.2) is 19.1 Å². The van der Waals surface area contributed by atoms with Crippen LogP contribution in [0.15, 0.2) is 42.5 Å². The van der Waals surface area contributed by atoms with Crippen molar-refractivity contribution >= 4 is 11.6 Å². The van der Waals surface area contributed by atoms with Crippen molar-refractivity contribution in [3.8, 4) is 11.5 Å². The maximum absolute atomic E-state index is 12.7. The molecule has 4 heteroatoms. The Morgan fingerprint density at radius 3 is 2.39 bits per heavy atom. The molecule has 0 atom stereocenters. The molecule has 0 spiro atoms. The molecule has 2 aromatic rings. The second-order valence-electron chi connectivity index (χ2n) is 7.93. The monoisotopic (exact) mass is 383 g/mol. The van der Waals surface area contributed by atoms with Crippen molar-refractivity contribution in [2.24, 2.45) is 5.41 Å². The molecule has 0 heterocycles. The molecule has 0 radical (unpaired) electrons. The molecule has 0 aromatic heterocycles. The van der Waals surface area contributed by atoms with Crippen molar-refractivity contribution in [2.75, 3.05) is 18.5 Å². The van der Waals surface area contributed by atoms with Crippen molar-refractivity contribution in [3.63, 3.8) is 0 Å². The van der Waals surface area contributed by atoms with Gasteiger partial charge in [-0.1, -0.05) is 32.9 Å². The Morgan fingerprint density at radius 1 is 1.00 bits per heavy atom. The van der Waals surface area contributed by atoms with Gasteiger partial charge in [0, 0.05) is 11.1 Å². The zero-order valence-electron chi connectivity index (χ0n) is 17.8. The fraction of sp³-hybridized carbons (Fsp3) is 0.458. The van der Waals surface area contributed by atoms with E-state index in [0.717, 1.165) is 42.0 Å². The molecule has 0 bridgehead atoms. The van der Waals surface area contributed by atoms with Crippen LogP contribution in [0.1, 0.15) is 51.2 Å². The molecule has 0 aliphatic carbocycles. The third-order valence-corrected chi connectivity index (χ3v) is 4.75. The summed E-state index contributed by atoms with van der Waals surface area (Å²) in [6.07, 6.45) is 2.54. The number of benzene rings is 2. The van der Waals surface area contributed by atoms with Crippen molar-refractivity contribution in [3.05, 3.63) is 53.6 Å². The van der Waals surface area contributed by atoms with Crippen LogP contribution in [0.2, 0.25) is 0 Å². The fourth-order valence-corrected chi connectivity index (χ4v) is 2.83. The van der Waals surface area contributed by atoms with Gasteiger partial charge in [0.05, 0.1) is 13.2 Å². The van der Waals surface area contributed by atoms with E-state index in [2.05, 4.69) is 37.4 Å². The summed E-state index contributed by atoms with van der Waals surface area (Å²) in [4.78, 5) is 12.7. The Bertz CT molecular complexity index is 766. The molecule has 0 unspecified atom stereocenters. The first-order valence-electron chi connectivity index (χ1n) is 10.1. The van der Waals surface area contributed by atoms with Crippen LogP contribution >= 0.6 is 0 Å². The van der Waals surface area contributed by atoms with Crippen LogP contribution in [-0.2, 0) is 4.79 Å². The third-order valence-electron chi connectivity index (χ3n) is 4.75. The molecular formula is C24H33NO3. The minimum absolute atomic E-state index is 0.0152. The Morgan fingerprint density at radius 2 is 1.71 bits per heavy atom. The second-order valence-corrected chi connectivity index (χ2v) is 7.93. The summed E-state index contributed by atoms with van der Waals surface area (Å²) in [6, 6.07) is 13.7. The van der Waals surface area contributed by atoms with E-state index < -0.39 is 5.41 Å². The van der Waals surface area contributed by atoms with Crippen LogP contribution in [0.3, 0.4) is 0 Å². The van der Waals surface area contributed by atoms with Gasteiger partial charge < -0.3 is 14.8 Å². The minimum Gasteiger partial charge on any atom is -0.494 e. The minimum atomic E-state index is -0.470. The average molecular weight is 384 g/mol. The van der Waals surface area contributed by atoms with Crippen LogP contribution in [0, 0.1) is 19.3 Å². The number of anilines is 1. The highest BCUT2D eigenvalue weighted by molar-refractivity contribution is 5.94. The lowest BCUT2D eigenvalue weighted by molar-refractivity contribution is -0.124. The number of hydrogen-bond acceptors (Lipinski definition) is 3. The van der Waals surface area contributed by atoms with Gasteiger partial charge in [-0.25, -0.2) is 0 Å². The third kappa shape index (κ3) is 6.59. The van der Waals surface area contributed by atoms with Gasteiger partial charge in [-0.2, -0.15) is 0 Å². The number of ether oxygens (including phenoxy) is 2. The average Bonchev–Trinajstić information content (AvgIpc) is 2.67. The van der Waals surface area contributed by atoms with Crippen molar-refractivity contribution in [1.29, 1.82) is 0 Å². The van der Waals surface area contributed by atoms with Crippen molar-refractivity contribution in [1.82, 2.24) is 0 Å². The van der Waals surface area contributed by atoms with Gasteiger partial charge in [0.15, 0.2) is 0 Å². The molecule has 1 N–H and O–H groups in total. The van der Waals surface area contributed by atoms with Crippen LogP contribution < -0.4 is 14.8 Å². The summed E-state index contributed by atoms with van der Waals surface area (Å²) in [6.45, 7) is 11.4. The number of amides is 1. The second kappa shape index (κ2) is 10.2. The Labute approximate surface area is 169 Å². The summed E-state index contributed by atoms with van der Waals surface area (Å²) in [5.41, 5.74) is 2.64. The van der Waals surface area contributed by atoms with Crippen molar-refractivity contribution in [2.45, 2.75) is 53.9 Å². The SMILES string of the molecule is CCCOc1ccc(NC(=O)C(C)(C)CCCOc2cc(C)ccc2C)cc1. The maximum Gasteiger partial charge on any atom is 0.230 e. The van der Waals surface area contributed by atoms with Crippen molar-refractivity contribution < 1.29 is 14.3 Å². The molecule has 152 valence electrons. The molecule has 0 saturated heterocycles. The smallest absolute Gasteiger partial charge is 0.230 e. The number of rotatable bonds is 10. The van der Waals surface area contributed by atoms with Gasteiger partial charge in [0.2, 0.25) is 5.91 Å². The summed E-state index contributed by atoms with van der Waals surface area (Å²) in [7, 11) is 0. The maximum atomic E-state index is 12.7. The zero-order chi connectivity index (χ0) is 20.6. The van der Waals surface area contributed by atoms with Gasteiger partial charge in [-0.05, 0) is 74.6 Å². The van der Waals surface area contributed by atoms with Gasteiger partial charge in [0.25, 0.3) is 0 Å². The Kier molecular flexibility index (Phi) is 7.91. The lowest BCUT2D eigenvalue weighted by Crippen LogP contribution is -2.31. The lowest BCUT2D eigenvalue weighted by atomic mass is 9.87. The summed E-state index contributed by atoms with van der Waals surface area (Å²) in [5.74, 6) is 1.76. The molecule has 1 amide bonds. The fourth-order valence-electron chi connectivity index (χ4n) is 2.83. The molecule has 0 aliphatic heterocycles. The standard InChI is InChI=1S/C24H33NO3/c1-6-15-27-21-12-10-20(11-13-21)25-23(26)24(4,5)14-7-16-28-22-17-18(2)8-9-19(22)3/h8-13,17H,6-7,14-16H2,1-5H3,(H,25,26). The van der Waals surface area contributed by atoms with Crippen LogP contribution in [0.25, 0.3) is 0 Å². The van der Waals surface area contributed by atoms with E-state index in [0.29, 0.717) is 13.2 Å². The first-order valence-corrected chi connectivity index (χ1v) is 10.1. The predicted molar refractivity (Wildman–Crippen MR) is 115 cm³/mol. The van der Waals surface area contributed by atoms with Crippen LogP contribution in [0.4, 0.5) is 5.69 Å². The largest absolute Gasteiger partial charge is 0.494 e. The highest BCUT2D eigenvalue weighted by Gasteiger charge is 2.27. The normalized spacial score (nSPS) is 11.2. The topological polar surface area (TPSA) is 47.6 Å². The van der Waals surface area contributed by atoms with Gasteiger partial charge in [-0.3, -0.25) is 4.79 Å². The number of aryl methyl sites for hydroxylation is 2. The molecule has 2 rings (SSSR count). The summed E-state index contributed by atoms with van der Waals surface area (Å²) >= 11 is 0. The van der Waals surface area contributed by atoms with Gasteiger partial charge >= 0.3 is 0 Å². The molecule has 2 aromatic carbocycles. The predicted octanol–water partition coefficient (Wildman–Crippen LogP) is 5.92. The van der Waals surface area contributed by atoms with E-state index in [1.807, 2.05) is 45.0 Å². The molecule has 4 nitrogen and oxygen atoms in total. The Hall–Kier alpha value is -2.49. The van der Waals surface area contributed by atoms with Gasteiger partial charge in [-0.15, -0.1) is 0 Å². The van der Waals surface area contributed by atoms with E-state index in [4.69, 9.17) is 9.47 Å². The summed E-state index contributed by atoms with van der Waals surface area (Å²) in [5, 5.41) is 3.01. The molecule has 0 aliphatic rings. The quantitative estimate of drug-likeness (QED) is 0.518. The van der Waals surface area contributed by atoms with Crippen LogP contribution in [0.5, 0.6) is 11.5 Å². The zero-order valence-corrected chi connectivity index (χ0v) is 17.8. The lowest BCUT2D eigenvalue weighted by Gasteiger charge is -2.24. The molecule has 0 fully saturated rings. The van der Waals surface area contributed by atoms with E-state index in [9.17, 15) is 4.79 Å². The van der Waals surface area contributed by atoms with E-state index in [-0.39, 0.29) is 5.91 Å². The highest BCUT2D eigenvalue weighted by atomic mass is 16.5.